The van der Waals surface area contributed by atoms with Gasteiger partial charge in [-0.05, 0) is 38.6 Å². The van der Waals surface area contributed by atoms with Gasteiger partial charge in [0, 0.05) is 19.1 Å². The van der Waals surface area contributed by atoms with Gasteiger partial charge in [0.2, 0.25) is 0 Å². The Labute approximate surface area is 123 Å². The zero-order chi connectivity index (χ0) is 16.0. The molecule has 0 amide bonds. The molecule has 0 aliphatic carbocycles. The van der Waals surface area contributed by atoms with E-state index < -0.39 is 17.8 Å². The molecular weight excluding hydrogens is 281 g/mol. The molecule has 0 radical (unpaired) electrons. The lowest BCUT2D eigenvalue weighted by Crippen LogP contribution is -2.32. The SMILES string of the molecule is CC(C)OCCN(C)CC(N)c1cccc(C(F)(F)F)c1. The van der Waals surface area contributed by atoms with Crippen LogP contribution in [0.5, 0.6) is 0 Å². The van der Waals surface area contributed by atoms with E-state index in [9.17, 15) is 13.2 Å². The molecule has 0 aliphatic rings. The second-order valence-electron chi connectivity index (χ2n) is 5.41. The Morgan fingerprint density at radius 2 is 1.95 bits per heavy atom. The molecule has 0 bridgehead atoms. The summed E-state index contributed by atoms with van der Waals surface area (Å²) in [7, 11) is 1.87. The number of benzene rings is 1. The van der Waals surface area contributed by atoms with Crippen LogP contribution in [0.15, 0.2) is 24.3 Å². The molecule has 0 fully saturated rings. The van der Waals surface area contributed by atoms with Crippen molar-refractivity contribution in [2.75, 3.05) is 26.7 Å². The van der Waals surface area contributed by atoms with E-state index in [4.69, 9.17) is 10.5 Å². The number of rotatable bonds is 7. The van der Waals surface area contributed by atoms with Crippen molar-refractivity contribution >= 4 is 0 Å². The van der Waals surface area contributed by atoms with Crippen LogP contribution in [0.3, 0.4) is 0 Å². The van der Waals surface area contributed by atoms with E-state index in [2.05, 4.69) is 0 Å². The topological polar surface area (TPSA) is 38.5 Å². The summed E-state index contributed by atoms with van der Waals surface area (Å²) >= 11 is 0. The number of hydrogen-bond acceptors (Lipinski definition) is 3. The Morgan fingerprint density at radius 3 is 2.52 bits per heavy atom. The van der Waals surface area contributed by atoms with Crippen molar-refractivity contribution in [1.82, 2.24) is 4.90 Å². The van der Waals surface area contributed by atoms with E-state index in [1.807, 2.05) is 25.8 Å². The van der Waals surface area contributed by atoms with Crippen LogP contribution in [0.2, 0.25) is 0 Å². The zero-order valence-corrected chi connectivity index (χ0v) is 12.7. The molecule has 2 N–H and O–H groups in total. The number of hydrogen-bond donors (Lipinski definition) is 1. The van der Waals surface area contributed by atoms with Crippen molar-refractivity contribution in [3.63, 3.8) is 0 Å². The van der Waals surface area contributed by atoms with Crippen molar-refractivity contribution in [1.29, 1.82) is 0 Å². The van der Waals surface area contributed by atoms with Crippen molar-refractivity contribution < 1.29 is 17.9 Å². The summed E-state index contributed by atoms with van der Waals surface area (Å²) in [6.07, 6.45) is -4.18. The third kappa shape index (κ3) is 6.46. The number of ether oxygens (including phenoxy) is 1. The largest absolute Gasteiger partial charge is 0.416 e. The molecule has 1 aromatic carbocycles. The van der Waals surface area contributed by atoms with Gasteiger partial charge in [-0.2, -0.15) is 13.2 Å². The second kappa shape index (κ2) is 7.77. The Morgan fingerprint density at radius 1 is 1.29 bits per heavy atom. The van der Waals surface area contributed by atoms with Gasteiger partial charge in [-0.15, -0.1) is 0 Å². The maximum atomic E-state index is 12.7. The summed E-state index contributed by atoms with van der Waals surface area (Å²) in [6.45, 7) is 5.64. The number of halogens is 3. The van der Waals surface area contributed by atoms with Crippen LogP contribution in [0.1, 0.15) is 31.0 Å². The molecule has 1 aromatic rings. The first kappa shape index (κ1) is 17.9. The second-order valence-corrected chi connectivity index (χ2v) is 5.41. The lowest BCUT2D eigenvalue weighted by atomic mass is 10.0. The summed E-state index contributed by atoms with van der Waals surface area (Å²) in [6, 6.07) is 4.72. The molecule has 21 heavy (non-hydrogen) atoms. The first-order chi connectivity index (χ1) is 9.70. The first-order valence-corrected chi connectivity index (χ1v) is 6.93. The molecule has 1 unspecified atom stereocenters. The summed E-state index contributed by atoms with van der Waals surface area (Å²) in [5.74, 6) is 0. The fraction of sp³-hybridized carbons (Fsp3) is 0.600. The number of alkyl halides is 3. The summed E-state index contributed by atoms with van der Waals surface area (Å²) in [5.41, 5.74) is 5.81. The fourth-order valence-electron chi connectivity index (χ4n) is 1.92. The Balaban J connectivity index is 2.57. The molecule has 1 atom stereocenters. The van der Waals surface area contributed by atoms with Crippen LogP contribution in [-0.4, -0.2) is 37.7 Å². The normalized spacial score (nSPS) is 14.0. The van der Waals surface area contributed by atoms with E-state index >= 15 is 0 Å². The molecule has 0 aliphatic heterocycles. The highest BCUT2D eigenvalue weighted by Gasteiger charge is 2.30. The van der Waals surface area contributed by atoms with E-state index in [-0.39, 0.29) is 6.10 Å². The molecule has 3 nitrogen and oxygen atoms in total. The van der Waals surface area contributed by atoms with Gasteiger partial charge in [-0.1, -0.05) is 12.1 Å². The summed E-state index contributed by atoms with van der Waals surface area (Å²) in [4.78, 5) is 1.95. The van der Waals surface area contributed by atoms with Crippen LogP contribution < -0.4 is 5.73 Å². The summed E-state index contributed by atoms with van der Waals surface area (Å²) < 4.78 is 43.4. The first-order valence-electron chi connectivity index (χ1n) is 6.93. The quantitative estimate of drug-likeness (QED) is 0.841. The molecule has 0 aromatic heterocycles. The zero-order valence-electron chi connectivity index (χ0n) is 12.7. The molecule has 1 rings (SSSR count). The van der Waals surface area contributed by atoms with Crippen LogP contribution in [0.25, 0.3) is 0 Å². The maximum Gasteiger partial charge on any atom is 0.416 e. The molecule has 0 saturated carbocycles. The van der Waals surface area contributed by atoms with Gasteiger partial charge in [-0.25, -0.2) is 0 Å². The highest BCUT2D eigenvalue weighted by molar-refractivity contribution is 5.28. The van der Waals surface area contributed by atoms with Crippen LogP contribution in [-0.2, 0) is 10.9 Å². The van der Waals surface area contributed by atoms with Crippen LogP contribution >= 0.6 is 0 Å². The van der Waals surface area contributed by atoms with E-state index in [1.165, 1.54) is 6.07 Å². The van der Waals surface area contributed by atoms with Gasteiger partial charge in [0.15, 0.2) is 0 Å². The minimum absolute atomic E-state index is 0.163. The van der Waals surface area contributed by atoms with Crippen LogP contribution in [0, 0.1) is 0 Å². The van der Waals surface area contributed by atoms with Crippen molar-refractivity contribution in [3.05, 3.63) is 35.4 Å². The molecule has 120 valence electrons. The van der Waals surface area contributed by atoms with E-state index in [0.717, 1.165) is 12.1 Å². The summed E-state index contributed by atoms with van der Waals surface area (Å²) in [5, 5.41) is 0. The number of nitrogens with two attached hydrogens (primary N) is 1. The van der Waals surface area contributed by atoms with Gasteiger partial charge in [0.1, 0.15) is 0 Å². The lowest BCUT2D eigenvalue weighted by molar-refractivity contribution is -0.137. The Kier molecular flexibility index (Phi) is 6.64. The standard InChI is InChI=1S/C15H23F3N2O/c1-11(2)21-8-7-20(3)10-14(19)12-5-4-6-13(9-12)15(16,17)18/h4-6,9,11,14H,7-8,10,19H2,1-3H3. The van der Waals surface area contributed by atoms with Crippen molar-refractivity contribution in [3.8, 4) is 0 Å². The third-order valence-electron chi connectivity index (χ3n) is 3.07. The minimum Gasteiger partial charge on any atom is -0.377 e. The molecule has 6 heteroatoms. The monoisotopic (exact) mass is 304 g/mol. The molecule has 0 heterocycles. The van der Waals surface area contributed by atoms with Gasteiger partial charge < -0.3 is 15.4 Å². The average molecular weight is 304 g/mol. The third-order valence-corrected chi connectivity index (χ3v) is 3.07. The highest BCUT2D eigenvalue weighted by atomic mass is 19.4. The predicted octanol–water partition coefficient (Wildman–Crippen LogP) is 3.06. The van der Waals surface area contributed by atoms with Gasteiger partial charge >= 0.3 is 6.18 Å². The molecular formula is C15H23F3N2O. The Bertz CT molecular complexity index is 435. The highest BCUT2D eigenvalue weighted by Crippen LogP contribution is 2.30. The molecule has 0 spiro atoms. The lowest BCUT2D eigenvalue weighted by Gasteiger charge is -2.22. The minimum atomic E-state index is -4.34. The smallest absolute Gasteiger partial charge is 0.377 e. The van der Waals surface area contributed by atoms with Crippen molar-refractivity contribution in [2.45, 2.75) is 32.2 Å². The fourth-order valence-corrected chi connectivity index (χ4v) is 1.92. The van der Waals surface area contributed by atoms with E-state index in [0.29, 0.717) is 25.3 Å². The van der Waals surface area contributed by atoms with Crippen LogP contribution in [0.4, 0.5) is 13.2 Å². The van der Waals surface area contributed by atoms with Crippen molar-refractivity contribution in [2.24, 2.45) is 5.73 Å². The van der Waals surface area contributed by atoms with Gasteiger partial charge in [-0.3, -0.25) is 0 Å². The number of nitrogens with zero attached hydrogens (tertiary/aromatic N) is 1. The maximum absolute atomic E-state index is 12.7. The van der Waals surface area contributed by atoms with E-state index in [1.54, 1.807) is 6.07 Å². The average Bonchev–Trinajstić information content (AvgIpc) is 2.37. The predicted molar refractivity (Wildman–Crippen MR) is 77.0 cm³/mol. The number of likely N-dealkylation sites (N-methyl/N-ethyl adjacent to an activating group) is 1. The Hall–Kier alpha value is -1.11. The molecule has 0 saturated heterocycles. The van der Waals surface area contributed by atoms with Gasteiger partial charge in [0.25, 0.3) is 0 Å². The van der Waals surface area contributed by atoms with Gasteiger partial charge in [0.05, 0.1) is 18.3 Å².